The second kappa shape index (κ2) is 6.52. The minimum Gasteiger partial charge on any atom is -0.591 e. The molecular weight excluding hydrogens is 300 g/mol. The van der Waals surface area contributed by atoms with Crippen LogP contribution in [0.5, 0.6) is 0 Å². The van der Waals surface area contributed by atoms with Crippen molar-refractivity contribution in [3.8, 4) is 0 Å². The van der Waals surface area contributed by atoms with Gasteiger partial charge in [-0.05, 0) is 61.2 Å². The van der Waals surface area contributed by atoms with Crippen LogP contribution in [0.3, 0.4) is 0 Å². The summed E-state index contributed by atoms with van der Waals surface area (Å²) in [5.41, 5.74) is 1.15. The molecule has 17 heavy (non-hydrogen) atoms. The Labute approximate surface area is 114 Å². The van der Waals surface area contributed by atoms with E-state index >= 15 is 0 Å². The normalized spacial score (nSPS) is 14.2. The van der Waals surface area contributed by atoms with Crippen LogP contribution in [-0.4, -0.2) is 20.5 Å². The molecule has 1 rings (SSSR count). The van der Waals surface area contributed by atoms with Crippen molar-refractivity contribution in [2.45, 2.75) is 38.4 Å². The Morgan fingerprint density at radius 1 is 1.47 bits per heavy atom. The third kappa shape index (κ3) is 5.66. The van der Waals surface area contributed by atoms with E-state index in [1.807, 2.05) is 39.1 Å². The molecule has 5 heteroatoms. The predicted molar refractivity (Wildman–Crippen MR) is 76.6 cm³/mol. The van der Waals surface area contributed by atoms with Crippen LogP contribution in [0.25, 0.3) is 0 Å². The van der Waals surface area contributed by atoms with Crippen molar-refractivity contribution in [2.24, 2.45) is 4.40 Å². The van der Waals surface area contributed by atoms with Gasteiger partial charge in [0.1, 0.15) is 20.7 Å². The van der Waals surface area contributed by atoms with Gasteiger partial charge in [0, 0.05) is 6.20 Å². The van der Waals surface area contributed by atoms with E-state index < -0.39 is 11.4 Å². The molecule has 0 aliphatic rings. The van der Waals surface area contributed by atoms with Crippen LogP contribution in [0.4, 0.5) is 0 Å². The minimum atomic E-state index is -1.15. The summed E-state index contributed by atoms with van der Waals surface area (Å²) in [6.07, 6.45) is 5.22. The maximum absolute atomic E-state index is 11.6. The molecule has 1 aromatic rings. The first-order valence-corrected chi connectivity index (χ1v) is 7.34. The molecule has 94 valence electrons. The van der Waals surface area contributed by atoms with E-state index in [4.69, 9.17) is 0 Å². The molecule has 0 amide bonds. The maximum Gasteiger partial charge on any atom is 0.144 e. The summed E-state index contributed by atoms with van der Waals surface area (Å²) in [6, 6.07) is 3.94. The zero-order valence-electron chi connectivity index (χ0n) is 10.3. The Balaban J connectivity index is 2.38. The molecule has 1 heterocycles. The quantitative estimate of drug-likeness (QED) is 0.486. The Morgan fingerprint density at radius 3 is 2.71 bits per heavy atom. The van der Waals surface area contributed by atoms with Crippen molar-refractivity contribution in [1.82, 2.24) is 4.98 Å². The lowest BCUT2D eigenvalue weighted by Crippen LogP contribution is -2.25. The Hall–Kier alpha value is -0.390. The van der Waals surface area contributed by atoms with Crippen molar-refractivity contribution in [3.63, 3.8) is 0 Å². The average molecular weight is 317 g/mol. The number of nitrogens with zero attached hydrogens (tertiary/aromatic N) is 2. The number of hydrogen-bond donors (Lipinski definition) is 0. The number of rotatable bonds is 4. The topological polar surface area (TPSA) is 48.3 Å². The van der Waals surface area contributed by atoms with Gasteiger partial charge in [-0.25, -0.2) is 4.98 Å². The Morgan fingerprint density at radius 2 is 2.18 bits per heavy atom. The average Bonchev–Trinajstić information content (AvgIpc) is 2.25. The number of aromatic nitrogens is 1. The van der Waals surface area contributed by atoms with E-state index in [-0.39, 0.29) is 4.75 Å². The predicted octanol–water partition coefficient (Wildman–Crippen LogP) is 3.31. The lowest BCUT2D eigenvalue weighted by Gasteiger charge is -2.17. The summed E-state index contributed by atoms with van der Waals surface area (Å²) in [5, 5.41) is 0. The van der Waals surface area contributed by atoms with E-state index in [2.05, 4.69) is 25.3 Å². The molecule has 0 bridgehead atoms. The van der Waals surface area contributed by atoms with Crippen LogP contribution in [0.1, 0.15) is 32.8 Å². The molecule has 0 aliphatic carbocycles. The van der Waals surface area contributed by atoms with Gasteiger partial charge in [-0.15, -0.1) is 0 Å². The summed E-state index contributed by atoms with van der Waals surface area (Å²) in [5.74, 6) is 0. The second-order valence-corrected chi connectivity index (χ2v) is 7.42. The fraction of sp³-hybridized carbons (Fsp3) is 0.500. The van der Waals surface area contributed by atoms with Gasteiger partial charge < -0.3 is 4.55 Å². The Kier molecular flexibility index (Phi) is 5.62. The summed E-state index contributed by atoms with van der Waals surface area (Å²) in [7, 11) is 0. The SMILES string of the molecule is CC(C)(C)[S+]([O-])/N=C/CCc1ccc(Br)nc1. The summed E-state index contributed by atoms with van der Waals surface area (Å²) in [6.45, 7) is 5.75. The largest absolute Gasteiger partial charge is 0.591 e. The molecule has 3 nitrogen and oxygen atoms in total. The fourth-order valence-electron chi connectivity index (χ4n) is 1.06. The first-order valence-electron chi connectivity index (χ1n) is 5.44. The third-order valence-corrected chi connectivity index (χ3v) is 3.90. The molecule has 0 spiro atoms. The van der Waals surface area contributed by atoms with Crippen molar-refractivity contribution in [3.05, 3.63) is 28.5 Å². The van der Waals surface area contributed by atoms with E-state index in [0.29, 0.717) is 0 Å². The van der Waals surface area contributed by atoms with Gasteiger partial charge in [-0.1, -0.05) is 10.5 Å². The molecule has 1 unspecified atom stereocenters. The van der Waals surface area contributed by atoms with E-state index in [9.17, 15) is 4.55 Å². The molecule has 0 saturated carbocycles. The monoisotopic (exact) mass is 316 g/mol. The fourth-order valence-corrected chi connectivity index (χ4v) is 1.86. The van der Waals surface area contributed by atoms with E-state index in [1.165, 1.54) is 0 Å². The van der Waals surface area contributed by atoms with Crippen LogP contribution >= 0.6 is 15.9 Å². The number of aryl methyl sites for hydroxylation is 1. The molecule has 0 aliphatic heterocycles. The van der Waals surface area contributed by atoms with Crippen LogP contribution in [0, 0.1) is 0 Å². The van der Waals surface area contributed by atoms with Crippen LogP contribution in [0.2, 0.25) is 0 Å². The van der Waals surface area contributed by atoms with Crippen LogP contribution < -0.4 is 0 Å². The molecule has 0 saturated heterocycles. The van der Waals surface area contributed by atoms with Crippen LogP contribution in [0.15, 0.2) is 27.3 Å². The standard InChI is InChI=1S/C12H17BrN2OS/c1-12(2,3)17(16)15-8-4-5-10-6-7-11(13)14-9-10/h6-9H,4-5H2,1-3H3/b15-8+. The lowest BCUT2D eigenvalue weighted by atomic mass is 10.2. The highest BCUT2D eigenvalue weighted by atomic mass is 79.9. The highest BCUT2D eigenvalue weighted by molar-refractivity contribution is 9.10. The number of pyridine rings is 1. The highest BCUT2D eigenvalue weighted by Crippen LogP contribution is 2.16. The van der Waals surface area contributed by atoms with Crippen molar-refractivity contribution < 1.29 is 4.55 Å². The van der Waals surface area contributed by atoms with E-state index in [0.717, 1.165) is 23.0 Å². The molecule has 1 atom stereocenters. The van der Waals surface area contributed by atoms with Gasteiger partial charge >= 0.3 is 0 Å². The summed E-state index contributed by atoms with van der Waals surface area (Å²) in [4.78, 5) is 4.14. The van der Waals surface area contributed by atoms with Crippen molar-refractivity contribution >= 4 is 33.5 Å². The first-order chi connectivity index (χ1) is 7.89. The van der Waals surface area contributed by atoms with Gasteiger partial charge in [-0.2, -0.15) is 0 Å². The highest BCUT2D eigenvalue weighted by Gasteiger charge is 2.25. The van der Waals surface area contributed by atoms with E-state index in [1.54, 1.807) is 6.21 Å². The lowest BCUT2D eigenvalue weighted by molar-refractivity contribution is 0.561. The van der Waals surface area contributed by atoms with Gasteiger partial charge in [0.15, 0.2) is 0 Å². The number of halogens is 1. The molecule has 1 aromatic heterocycles. The van der Waals surface area contributed by atoms with Crippen molar-refractivity contribution in [2.75, 3.05) is 0 Å². The molecule has 0 radical (unpaired) electrons. The van der Waals surface area contributed by atoms with Gasteiger partial charge in [-0.3, -0.25) is 0 Å². The molecule has 0 aromatic carbocycles. The summed E-state index contributed by atoms with van der Waals surface area (Å²) < 4.78 is 16.2. The van der Waals surface area contributed by atoms with Crippen LogP contribution in [-0.2, 0) is 17.8 Å². The Bertz CT molecular complexity index is 373. The van der Waals surface area contributed by atoms with Gasteiger partial charge in [0.2, 0.25) is 0 Å². The second-order valence-electron chi connectivity index (χ2n) is 4.68. The zero-order chi connectivity index (χ0) is 12.9. The smallest absolute Gasteiger partial charge is 0.144 e. The molecular formula is C12H17BrN2OS. The first kappa shape index (κ1) is 14.7. The molecule has 0 N–H and O–H groups in total. The van der Waals surface area contributed by atoms with Gasteiger partial charge in [0.05, 0.1) is 6.21 Å². The summed E-state index contributed by atoms with van der Waals surface area (Å²) >= 11 is 2.14. The maximum atomic E-state index is 11.6. The van der Waals surface area contributed by atoms with Crippen molar-refractivity contribution in [1.29, 1.82) is 0 Å². The zero-order valence-corrected chi connectivity index (χ0v) is 12.7. The third-order valence-electron chi connectivity index (χ3n) is 2.04. The van der Waals surface area contributed by atoms with Gasteiger partial charge in [0.25, 0.3) is 0 Å². The molecule has 0 fully saturated rings. The number of hydrogen-bond acceptors (Lipinski definition) is 3. The minimum absolute atomic E-state index is 0.282.